The molecule has 0 spiro atoms. The molecule has 224 valence electrons. The summed E-state index contributed by atoms with van der Waals surface area (Å²) < 4.78 is 118. The zero-order valence-corrected chi connectivity index (χ0v) is 23.6. The number of hydrogen-bond acceptors (Lipinski definition) is 5. The van der Waals surface area contributed by atoms with E-state index in [-0.39, 0.29) is 41.8 Å². The number of nitrogens with one attached hydrogen (secondary N) is 1. The number of carbonyl (C=O) groups is 1. The molecule has 42 heavy (non-hydrogen) atoms. The Bertz CT molecular complexity index is 1600. The van der Waals surface area contributed by atoms with Crippen molar-refractivity contribution >= 4 is 39.5 Å². The number of morpholine rings is 1. The molecule has 0 unspecified atom stereocenters. The van der Waals surface area contributed by atoms with Crippen molar-refractivity contribution in [1.82, 2.24) is 4.90 Å². The number of rotatable bonds is 7. The maximum absolute atomic E-state index is 14.2. The highest BCUT2D eigenvalue weighted by Gasteiger charge is 2.46. The van der Waals surface area contributed by atoms with Gasteiger partial charge in [0.2, 0.25) is 5.91 Å². The molecule has 1 amide bonds. The summed E-state index contributed by atoms with van der Waals surface area (Å²) in [7, 11) is -4.04. The fourth-order valence-corrected chi connectivity index (χ4v) is 6.40. The van der Waals surface area contributed by atoms with Crippen molar-refractivity contribution in [3.8, 4) is 0 Å². The van der Waals surface area contributed by atoms with Crippen LogP contribution in [0.1, 0.15) is 22.3 Å². The second kappa shape index (κ2) is 12.4. The van der Waals surface area contributed by atoms with Crippen LogP contribution >= 0.6 is 11.8 Å². The summed E-state index contributed by atoms with van der Waals surface area (Å²) in [5, 5.41) is 0. The molecule has 6 nitrogen and oxygen atoms in total. The highest BCUT2D eigenvalue weighted by atomic mass is 32.2. The molecule has 1 heterocycles. The van der Waals surface area contributed by atoms with Crippen LogP contribution < -0.4 is 4.72 Å². The van der Waals surface area contributed by atoms with E-state index in [2.05, 4.69) is 4.72 Å². The molecule has 4 rings (SSSR count). The van der Waals surface area contributed by atoms with Crippen molar-refractivity contribution in [3.05, 3.63) is 89.0 Å². The third kappa shape index (κ3) is 7.66. The van der Waals surface area contributed by atoms with Crippen LogP contribution in [0.5, 0.6) is 0 Å². The van der Waals surface area contributed by atoms with Gasteiger partial charge >= 0.3 is 12.4 Å². The van der Waals surface area contributed by atoms with Crippen LogP contribution in [0.25, 0.3) is 6.08 Å². The zero-order valence-electron chi connectivity index (χ0n) is 21.9. The van der Waals surface area contributed by atoms with Gasteiger partial charge in [-0.25, -0.2) is 8.42 Å². The van der Waals surface area contributed by atoms with Gasteiger partial charge in [0.15, 0.2) is 0 Å². The summed E-state index contributed by atoms with van der Waals surface area (Å²) in [5.74, 6) is -0.650. The smallest absolute Gasteiger partial charge is 0.378 e. The number of alkyl halides is 6. The minimum absolute atomic E-state index is 0.00675. The summed E-state index contributed by atoms with van der Waals surface area (Å²) >= 11 is 0.398. The largest absolute Gasteiger partial charge is 0.418 e. The molecule has 3 aromatic rings. The first-order valence-electron chi connectivity index (χ1n) is 12.4. The van der Waals surface area contributed by atoms with Crippen molar-refractivity contribution in [2.75, 3.05) is 31.0 Å². The summed E-state index contributed by atoms with van der Waals surface area (Å²) in [4.78, 5) is 13.0. The van der Waals surface area contributed by atoms with Gasteiger partial charge in [0.25, 0.3) is 10.0 Å². The first-order valence-corrected chi connectivity index (χ1v) is 14.7. The van der Waals surface area contributed by atoms with Gasteiger partial charge in [-0.1, -0.05) is 36.0 Å². The van der Waals surface area contributed by atoms with Crippen LogP contribution in [0.15, 0.2) is 81.4 Å². The minimum Gasteiger partial charge on any atom is -0.378 e. The first kappa shape index (κ1) is 31.4. The second-order valence-corrected chi connectivity index (χ2v) is 12.0. The molecule has 1 fully saturated rings. The van der Waals surface area contributed by atoms with Crippen LogP contribution in [0.3, 0.4) is 0 Å². The fraction of sp³-hybridized carbons (Fsp3) is 0.250. The van der Waals surface area contributed by atoms with Crippen molar-refractivity contribution in [1.29, 1.82) is 0 Å². The maximum Gasteiger partial charge on any atom is 0.418 e. The number of aryl methyl sites for hydroxylation is 1. The quantitative estimate of drug-likeness (QED) is 0.228. The van der Waals surface area contributed by atoms with E-state index in [0.717, 1.165) is 24.3 Å². The average molecular weight is 631 g/mol. The summed E-state index contributed by atoms with van der Waals surface area (Å²) in [6.45, 7) is 2.60. The normalized spacial score (nSPS) is 14.8. The first-order chi connectivity index (χ1) is 19.6. The van der Waals surface area contributed by atoms with Gasteiger partial charge < -0.3 is 9.64 Å². The standard InChI is InChI=1S/C28H24F6N2O4S2/c1-18-4-2-7-22(16-18)42(38,39)35-20-5-3-6-21(17-20)41-23-10-8-19(9-11-24(37)36-12-14-40-15-13-36)25(27(29,30)31)26(23)28(32,33)34/h2-11,16-17,35H,12-15H2,1H3. The van der Waals surface area contributed by atoms with E-state index < -0.39 is 49.9 Å². The Balaban J connectivity index is 1.69. The number of benzene rings is 3. The number of ether oxygens (including phenoxy) is 1. The average Bonchev–Trinajstić information content (AvgIpc) is 2.91. The molecule has 1 aliphatic rings. The van der Waals surface area contributed by atoms with E-state index in [9.17, 15) is 39.6 Å². The highest BCUT2D eigenvalue weighted by Crippen LogP contribution is 2.48. The lowest BCUT2D eigenvalue weighted by Gasteiger charge is -2.25. The van der Waals surface area contributed by atoms with Gasteiger partial charge in [0.05, 0.1) is 29.2 Å². The van der Waals surface area contributed by atoms with E-state index in [1.807, 2.05) is 0 Å². The summed E-state index contributed by atoms with van der Waals surface area (Å²) in [5.41, 5.74) is -3.96. The van der Waals surface area contributed by atoms with Gasteiger partial charge in [-0.2, -0.15) is 26.3 Å². The van der Waals surface area contributed by atoms with Gasteiger partial charge in [0, 0.05) is 34.6 Å². The van der Waals surface area contributed by atoms with E-state index in [1.165, 1.54) is 41.3 Å². The summed E-state index contributed by atoms with van der Waals surface area (Å²) in [6.07, 6.45) is -9.28. The van der Waals surface area contributed by atoms with E-state index in [1.54, 1.807) is 19.1 Å². The van der Waals surface area contributed by atoms with Gasteiger partial charge in [-0.05, 0) is 60.5 Å². The fourth-order valence-electron chi connectivity index (χ4n) is 4.21. The number of amides is 1. The molecule has 1 aliphatic heterocycles. The minimum atomic E-state index is -5.41. The zero-order chi connectivity index (χ0) is 30.7. The van der Waals surface area contributed by atoms with Gasteiger partial charge in [-0.15, -0.1) is 0 Å². The molecule has 14 heteroatoms. The number of anilines is 1. The lowest BCUT2D eigenvalue weighted by Crippen LogP contribution is -2.39. The molecule has 1 saturated heterocycles. The van der Waals surface area contributed by atoms with Crippen LogP contribution in [0.4, 0.5) is 32.0 Å². The predicted octanol–water partition coefficient (Wildman–Crippen LogP) is 6.86. The van der Waals surface area contributed by atoms with E-state index in [4.69, 9.17) is 4.74 Å². The SMILES string of the molecule is Cc1cccc(S(=O)(=O)Nc2cccc(Sc3ccc(C=CC(=O)N4CCOCC4)c(C(F)(F)F)c3C(F)(F)F)c2)c1. The summed E-state index contributed by atoms with van der Waals surface area (Å²) in [6, 6.07) is 13.1. The molecular formula is C28H24F6N2O4S2. The molecule has 0 atom stereocenters. The Labute approximate surface area is 242 Å². The van der Waals surface area contributed by atoms with Crippen molar-refractivity contribution in [2.45, 2.75) is 34.0 Å². The number of halogens is 6. The third-order valence-corrected chi connectivity index (χ3v) is 8.54. The molecule has 3 aromatic carbocycles. The Hall–Kier alpha value is -3.49. The second-order valence-electron chi connectivity index (χ2n) is 9.22. The van der Waals surface area contributed by atoms with Crippen LogP contribution in [0, 0.1) is 6.92 Å². The number of sulfonamides is 1. The van der Waals surface area contributed by atoms with Crippen molar-refractivity contribution in [3.63, 3.8) is 0 Å². The van der Waals surface area contributed by atoms with E-state index >= 15 is 0 Å². The number of nitrogens with zero attached hydrogens (tertiary/aromatic N) is 1. The molecule has 0 aliphatic carbocycles. The highest BCUT2D eigenvalue weighted by molar-refractivity contribution is 7.99. The Morgan fingerprint density at radius 3 is 2.24 bits per heavy atom. The van der Waals surface area contributed by atoms with E-state index in [0.29, 0.717) is 17.3 Å². The van der Waals surface area contributed by atoms with Crippen LogP contribution in [-0.2, 0) is 31.9 Å². The van der Waals surface area contributed by atoms with Gasteiger partial charge in [0.1, 0.15) is 0 Å². The Kier molecular flexibility index (Phi) is 9.28. The molecule has 1 N–H and O–H groups in total. The maximum atomic E-state index is 14.2. The molecule has 0 radical (unpaired) electrons. The van der Waals surface area contributed by atoms with Gasteiger partial charge in [-0.3, -0.25) is 9.52 Å². The predicted molar refractivity (Wildman–Crippen MR) is 145 cm³/mol. The number of hydrogen-bond donors (Lipinski definition) is 1. The third-order valence-electron chi connectivity index (χ3n) is 6.11. The molecular weight excluding hydrogens is 606 g/mol. The lowest BCUT2D eigenvalue weighted by atomic mass is 9.99. The van der Waals surface area contributed by atoms with Crippen molar-refractivity contribution < 1.29 is 44.3 Å². The Morgan fingerprint density at radius 1 is 0.929 bits per heavy atom. The topological polar surface area (TPSA) is 75.7 Å². The molecule has 0 saturated carbocycles. The lowest BCUT2D eigenvalue weighted by molar-refractivity contribution is -0.163. The molecule has 0 bridgehead atoms. The molecule has 0 aromatic heterocycles. The Morgan fingerprint density at radius 2 is 1.60 bits per heavy atom. The van der Waals surface area contributed by atoms with Crippen LogP contribution in [0.2, 0.25) is 0 Å². The van der Waals surface area contributed by atoms with Crippen LogP contribution in [-0.4, -0.2) is 45.5 Å². The van der Waals surface area contributed by atoms with Crippen molar-refractivity contribution in [2.24, 2.45) is 0 Å². The number of carbonyl (C=O) groups excluding carboxylic acids is 1. The monoisotopic (exact) mass is 630 g/mol.